The molecule has 2 rings (SSSR count). The van der Waals surface area contributed by atoms with Crippen LogP contribution in [0.1, 0.15) is 25.2 Å². The number of hydrogen-bond donors (Lipinski definition) is 0. The van der Waals surface area contributed by atoms with Crippen molar-refractivity contribution in [2.24, 2.45) is 0 Å². The molecule has 1 heterocycles. The normalized spacial score (nSPS) is 10.6. The van der Waals surface area contributed by atoms with Crippen molar-refractivity contribution in [3.05, 3.63) is 35.7 Å². The van der Waals surface area contributed by atoms with Gasteiger partial charge in [-0.1, -0.05) is 29.5 Å². The molecular weight excluding hydrogens is 314 g/mol. The molecule has 6 nitrogen and oxygen atoms in total. The number of carbonyl (C=O) groups is 1. The fraction of sp³-hybridized carbons (Fsp3) is 0.438. The molecule has 7 heteroatoms. The van der Waals surface area contributed by atoms with Gasteiger partial charge in [-0.15, -0.1) is 10.2 Å². The topological polar surface area (TPSA) is 66.2 Å². The molecule has 0 amide bonds. The number of nitrogens with zero attached hydrogens (tertiary/aromatic N) is 3. The Kier molecular flexibility index (Phi) is 6.46. The minimum absolute atomic E-state index is 0.227. The highest BCUT2D eigenvalue weighted by molar-refractivity contribution is 7.99. The smallest absolute Gasteiger partial charge is 0.316 e. The van der Waals surface area contributed by atoms with Crippen molar-refractivity contribution >= 4 is 17.7 Å². The quantitative estimate of drug-likeness (QED) is 0.546. The maximum atomic E-state index is 11.4. The Morgan fingerprint density at radius 3 is 2.61 bits per heavy atom. The lowest BCUT2D eigenvalue weighted by Gasteiger charge is -2.09. The fourth-order valence-electron chi connectivity index (χ4n) is 1.96. The van der Waals surface area contributed by atoms with Gasteiger partial charge in [0.15, 0.2) is 11.0 Å². The van der Waals surface area contributed by atoms with Gasteiger partial charge in [0.1, 0.15) is 12.4 Å². The van der Waals surface area contributed by atoms with Crippen LogP contribution in [-0.4, -0.2) is 33.1 Å². The molecule has 23 heavy (non-hydrogen) atoms. The first-order valence-electron chi connectivity index (χ1n) is 7.54. The lowest BCUT2D eigenvalue weighted by atomic mass is 10.2. The number of ether oxygens (including phenoxy) is 2. The summed E-state index contributed by atoms with van der Waals surface area (Å²) in [5.74, 6) is 1.51. The van der Waals surface area contributed by atoms with Crippen LogP contribution in [0.4, 0.5) is 0 Å². The van der Waals surface area contributed by atoms with Gasteiger partial charge in [-0.25, -0.2) is 0 Å². The minimum Gasteiger partial charge on any atom is -0.486 e. The van der Waals surface area contributed by atoms with Gasteiger partial charge in [0, 0.05) is 6.54 Å². The van der Waals surface area contributed by atoms with Gasteiger partial charge in [0.2, 0.25) is 0 Å². The fourth-order valence-corrected chi connectivity index (χ4v) is 2.78. The van der Waals surface area contributed by atoms with Gasteiger partial charge >= 0.3 is 5.97 Å². The third kappa shape index (κ3) is 4.99. The second-order valence-electron chi connectivity index (χ2n) is 4.84. The third-order valence-corrected chi connectivity index (χ3v) is 4.06. The SMILES string of the molecule is CCOC(=O)CSc1nnc(COc2ccc(C)cc2)n1CC. The Balaban J connectivity index is 1.97. The molecule has 0 aliphatic carbocycles. The van der Waals surface area contributed by atoms with E-state index >= 15 is 0 Å². The van der Waals surface area contributed by atoms with E-state index in [-0.39, 0.29) is 11.7 Å². The molecule has 124 valence electrons. The first-order valence-corrected chi connectivity index (χ1v) is 8.52. The number of rotatable bonds is 8. The van der Waals surface area contributed by atoms with Gasteiger partial charge in [-0.3, -0.25) is 4.79 Å². The van der Waals surface area contributed by atoms with Gasteiger partial charge in [0.05, 0.1) is 12.4 Å². The Morgan fingerprint density at radius 1 is 1.22 bits per heavy atom. The highest BCUT2D eigenvalue weighted by atomic mass is 32.2. The first kappa shape index (κ1) is 17.3. The standard InChI is InChI=1S/C16H21N3O3S/c1-4-19-14(10-22-13-8-6-12(3)7-9-13)17-18-16(19)23-11-15(20)21-5-2/h6-9H,4-5,10-11H2,1-3H3. The summed E-state index contributed by atoms with van der Waals surface area (Å²) in [6, 6.07) is 7.86. The summed E-state index contributed by atoms with van der Waals surface area (Å²) in [4.78, 5) is 11.4. The van der Waals surface area contributed by atoms with E-state index < -0.39 is 0 Å². The second kappa shape index (κ2) is 8.57. The Labute approximate surface area is 140 Å². The third-order valence-electron chi connectivity index (χ3n) is 3.12. The van der Waals surface area contributed by atoms with Gasteiger partial charge in [-0.05, 0) is 32.9 Å². The molecule has 0 spiro atoms. The largest absolute Gasteiger partial charge is 0.486 e. The van der Waals surface area contributed by atoms with Crippen LogP contribution in [0.15, 0.2) is 29.4 Å². The number of carbonyl (C=O) groups excluding carboxylic acids is 1. The number of aromatic nitrogens is 3. The molecule has 1 aromatic carbocycles. The van der Waals surface area contributed by atoms with E-state index in [4.69, 9.17) is 9.47 Å². The van der Waals surface area contributed by atoms with E-state index in [2.05, 4.69) is 10.2 Å². The van der Waals surface area contributed by atoms with Crippen molar-refractivity contribution in [2.75, 3.05) is 12.4 Å². The van der Waals surface area contributed by atoms with E-state index in [1.165, 1.54) is 17.3 Å². The van der Waals surface area contributed by atoms with Crippen LogP contribution in [0, 0.1) is 6.92 Å². The summed E-state index contributed by atoms with van der Waals surface area (Å²) in [6.45, 7) is 7.26. The zero-order valence-electron chi connectivity index (χ0n) is 13.6. The van der Waals surface area contributed by atoms with Crippen molar-refractivity contribution in [1.82, 2.24) is 14.8 Å². The molecule has 0 bridgehead atoms. The van der Waals surface area contributed by atoms with E-state index in [1.54, 1.807) is 6.92 Å². The zero-order chi connectivity index (χ0) is 16.7. The molecule has 1 aromatic heterocycles. The summed E-state index contributed by atoms with van der Waals surface area (Å²) < 4.78 is 12.6. The highest BCUT2D eigenvalue weighted by Crippen LogP contribution is 2.19. The molecule has 0 aliphatic heterocycles. The Bertz CT molecular complexity index is 641. The van der Waals surface area contributed by atoms with Gasteiger partial charge < -0.3 is 14.0 Å². The monoisotopic (exact) mass is 335 g/mol. The maximum absolute atomic E-state index is 11.4. The number of esters is 1. The van der Waals surface area contributed by atoms with Crippen LogP contribution in [0.3, 0.4) is 0 Å². The molecule has 0 atom stereocenters. The van der Waals surface area contributed by atoms with E-state index in [1.807, 2.05) is 42.7 Å². The Morgan fingerprint density at radius 2 is 1.96 bits per heavy atom. The van der Waals surface area contributed by atoms with Crippen LogP contribution in [0.25, 0.3) is 0 Å². The van der Waals surface area contributed by atoms with E-state index in [0.29, 0.717) is 24.9 Å². The highest BCUT2D eigenvalue weighted by Gasteiger charge is 2.14. The molecule has 0 N–H and O–H groups in total. The van der Waals surface area contributed by atoms with Crippen molar-refractivity contribution in [2.45, 2.75) is 39.1 Å². The van der Waals surface area contributed by atoms with Crippen LogP contribution >= 0.6 is 11.8 Å². The average molecular weight is 335 g/mol. The number of thioether (sulfide) groups is 1. The molecule has 2 aromatic rings. The van der Waals surface area contributed by atoms with E-state index in [9.17, 15) is 4.79 Å². The first-order chi connectivity index (χ1) is 11.1. The van der Waals surface area contributed by atoms with Crippen molar-refractivity contribution in [3.8, 4) is 5.75 Å². The van der Waals surface area contributed by atoms with Crippen LogP contribution in [0.2, 0.25) is 0 Å². The van der Waals surface area contributed by atoms with Gasteiger partial charge in [-0.2, -0.15) is 0 Å². The summed E-state index contributed by atoms with van der Waals surface area (Å²) in [6.07, 6.45) is 0. The van der Waals surface area contributed by atoms with Crippen LogP contribution in [0.5, 0.6) is 5.75 Å². The lowest BCUT2D eigenvalue weighted by Crippen LogP contribution is -2.09. The zero-order valence-corrected chi connectivity index (χ0v) is 14.4. The predicted molar refractivity (Wildman–Crippen MR) is 88.6 cm³/mol. The van der Waals surface area contributed by atoms with Crippen molar-refractivity contribution in [3.63, 3.8) is 0 Å². The maximum Gasteiger partial charge on any atom is 0.316 e. The molecule has 0 saturated carbocycles. The molecule has 0 unspecified atom stereocenters. The van der Waals surface area contributed by atoms with Crippen molar-refractivity contribution < 1.29 is 14.3 Å². The molecular formula is C16H21N3O3S. The predicted octanol–water partition coefficient (Wildman–Crippen LogP) is 2.84. The van der Waals surface area contributed by atoms with Gasteiger partial charge in [0.25, 0.3) is 0 Å². The lowest BCUT2D eigenvalue weighted by molar-refractivity contribution is -0.139. The molecule has 0 saturated heterocycles. The summed E-state index contributed by atoms with van der Waals surface area (Å²) in [5.41, 5.74) is 1.19. The van der Waals surface area contributed by atoms with E-state index in [0.717, 1.165) is 11.6 Å². The molecule has 0 aliphatic rings. The number of hydrogen-bond acceptors (Lipinski definition) is 6. The second-order valence-corrected chi connectivity index (χ2v) is 5.78. The molecule has 0 fully saturated rings. The summed E-state index contributed by atoms with van der Waals surface area (Å²) in [7, 11) is 0. The van der Waals surface area contributed by atoms with Crippen molar-refractivity contribution in [1.29, 1.82) is 0 Å². The summed E-state index contributed by atoms with van der Waals surface area (Å²) >= 11 is 1.32. The number of benzene rings is 1. The van der Waals surface area contributed by atoms with Crippen LogP contribution in [-0.2, 0) is 22.7 Å². The summed E-state index contributed by atoms with van der Waals surface area (Å²) in [5, 5.41) is 8.99. The Hall–Kier alpha value is -2.02. The average Bonchev–Trinajstić information content (AvgIpc) is 2.94. The van der Waals surface area contributed by atoms with Crippen LogP contribution < -0.4 is 4.74 Å². The minimum atomic E-state index is -0.249. The number of aryl methyl sites for hydroxylation is 1. The molecule has 0 radical (unpaired) electrons.